The smallest absolute Gasteiger partial charge is 0.410 e. The van der Waals surface area contributed by atoms with Crippen LogP contribution in [0.25, 0.3) is 16.6 Å². The van der Waals surface area contributed by atoms with Gasteiger partial charge in [-0.3, -0.25) is 9.78 Å². The van der Waals surface area contributed by atoms with Gasteiger partial charge in [-0.1, -0.05) is 6.07 Å². The molecule has 32 heavy (non-hydrogen) atoms. The zero-order chi connectivity index (χ0) is 22.2. The van der Waals surface area contributed by atoms with Crippen LogP contribution in [0.3, 0.4) is 0 Å². The summed E-state index contributed by atoms with van der Waals surface area (Å²) in [5.41, 5.74) is 5.89. The highest BCUT2D eigenvalue weighted by atomic mass is 16.6. The van der Waals surface area contributed by atoms with Crippen molar-refractivity contribution in [2.45, 2.75) is 20.0 Å². The largest absolute Gasteiger partial charge is 0.440 e. The van der Waals surface area contributed by atoms with Crippen LogP contribution in [-0.4, -0.2) is 66.8 Å². The maximum atomic E-state index is 12.6. The number of aryl methyl sites for hydroxylation is 2. The summed E-state index contributed by atoms with van der Waals surface area (Å²) in [5.74, 6) is 0. The molecule has 5 rings (SSSR count). The Kier molecular flexibility index (Phi) is 5.04. The summed E-state index contributed by atoms with van der Waals surface area (Å²) in [5, 5.41) is 15.8. The molecule has 5 heterocycles. The van der Waals surface area contributed by atoms with E-state index in [-0.39, 0.29) is 12.2 Å². The molecule has 0 aromatic carbocycles. The van der Waals surface area contributed by atoms with Crippen LogP contribution in [0, 0.1) is 6.92 Å². The van der Waals surface area contributed by atoms with Crippen LogP contribution in [0.1, 0.15) is 24.4 Å². The highest BCUT2D eigenvalue weighted by Gasteiger charge is 2.26. The molecule has 1 atom stereocenters. The zero-order valence-corrected chi connectivity index (χ0v) is 18.4. The predicted molar refractivity (Wildman–Crippen MR) is 119 cm³/mol. The number of pyridine rings is 1. The molecule has 0 radical (unpaired) electrons. The first kappa shape index (κ1) is 20.1. The van der Waals surface area contributed by atoms with Crippen LogP contribution in [0.5, 0.6) is 0 Å². The van der Waals surface area contributed by atoms with E-state index in [1.807, 2.05) is 56.3 Å². The monoisotopic (exact) mass is 434 g/mol. The minimum absolute atomic E-state index is 0.307. The molecule has 0 aliphatic carbocycles. The second-order valence-corrected chi connectivity index (χ2v) is 8.16. The lowest BCUT2D eigenvalue weighted by Crippen LogP contribution is -2.49. The average Bonchev–Trinajstić information content (AvgIpc) is 3.53. The van der Waals surface area contributed by atoms with E-state index in [9.17, 15) is 4.79 Å². The molecule has 10 nitrogen and oxygen atoms in total. The summed E-state index contributed by atoms with van der Waals surface area (Å²) in [7, 11) is 1.90. The third kappa shape index (κ3) is 3.79. The number of carbonyl (C=O) groups excluding carboxylic acids is 1. The lowest BCUT2D eigenvalue weighted by atomic mass is 10.1. The first-order valence-electron chi connectivity index (χ1n) is 10.7. The molecule has 0 bridgehead atoms. The van der Waals surface area contributed by atoms with E-state index in [2.05, 4.69) is 37.4 Å². The summed E-state index contributed by atoms with van der Waals surface area (Å²) in [4.78, 5) is 16.6. The molecule has 166 valence electrons. The molecule has 4 aromatic heterocycles. The molecule has 0 spiro atoms. The number of H-pyrrole nitrogens is 1. The first-order valence-corrected chi connectivity index (χ1v) is 10.7. The number of aromatic amines is 1. The first-order chi connectivity index (χ1) is 15.5. The quantitative estimate of drug-likeness (QED) is 0.531. The van der Waals surface area contributed by atoms with Crippen molar-refractivity contribution in [1.29, 1.82) is 0 Å². The van der Waals surface area contributed by atoms with Crippen LogP contribution in [0.2, 0.25) is 0 Å². The van der Waals surface area contributed by atoms with Crippen LogP contribution in [0.4, 0.5) is 10.5 Å². The molecule has 1 fully saturated rings. The molecule has 1 aliphatic heterocycles. The molecule has 4 aromatic rings. The number of rotatable bonds is 4. The highest BCUT2D eigenvalue weighted by Crippen LogP contribution is 2.26. The van der Waals surface area contributed by atoms with E-state index < -0.39 is 0 Å². The van der Waals surface area contributed by atoms with Crippen LogP contribution < -0.4 is 4.90 Å². The van der Waals surface area contributed by atoms with Gasteiger partial charge in [-0.2, -0.15) is 15.3 Å². The van der Waals surface area contributed by atoms with Gasteiger partial charge in [-0.25, -0.2) is 9.31 Å². The van der Waals surface area contributed by atoms with Gasteiger partial charge in [0.25, 0.3) is 0 Å². The predicted octanol–water partition coefficient (Wildman–Crippen LogP) is 2.79. The van der Waals surface area contributed by atoms with E-state index in [0.29, 0.717) is 13.1 Å². The fourth-order valence-electron chi connectivity index (χ4n) is 4.02. The maximum Gasteiger partial charge on any atom is 0.410 e. The Morgan fingerprint density at radius 2 is 1.91 bits per heavy atom. The van der Waals surface area contributed by atoms with Gasteiger partial charge in [0.15, 0.2) is 0 Å². The van der Waals surface area contributed by atoms with Crippen molar-refractivity contribution < 1.29 is 9.53 Å². The van der Waals surface area contributed by atoms with Gasteiger partial charge in [-0.05, 0) is 26.0 Å². The van der Waals surface area contributed by atoms with Crippen molar-refractivity contribution in [2.75, 3.05) is 31.1 Å². The number of fused-ring (bicyclic) bond motifs is 1. The fraction of sp³-hybridized carbons (Fsp3) is 0.364. The summed E-state index contributed by atoms with van der Waals surface area (Å²) >= 11 is 0. The van der Waals surface area contributed by atoms with Crippen molar-refractivity contribution in [2.24, 2.45) is 7.05 Å². The van der Waals surface area contributed by atoms with Crippen molar-refractivity contribution in [3.8, 4) is 11.1 Å². The van der Waals surface area contributed by atoms with E-state index in [1.165, 1.54) is 0 Å². The third-order valence-electron chi connectivity index (χ3n) is 5.83. The standard InChI is InChI=1S/C22H26N8O2/c1-15-10-19(26-25-15)16(2)32-22(31)29-8-6-28(7-9-29)21-12-24-30-14-17(4-5-20(21)30)18-11-23-27(3)13-18/h4-5,10-14,16H,6-9H2,1-3H3,(H,25,26). The van der Waals surface area contributed by atoms with Gasteiger partial charge in [0.05, 0.1) is 23.6 Å². The minimum atomic E-state index is -0.390. The van der Waals surface area contributed by atoms with Crippen molar-refractivity contribution in [3.63, 3.8) is 0 Å². The minimum Gasteiger partial charge on any atom is -0.440 e. The van der Waals surface area contributed by atoms with Gasteiger partial charge in [0.2, 0.25) is 0 Å². The van der Waals surface area contributed by atoms with Gasteiger partial charge in [0, 0.05) is 62.4 Å². The second-order valence-electron chi connectivity index (χ2n) is 8.16. The number of nitrogens with one attached hydrogen (secondary N) is 1. The van der Waals surface area contributed by atoms with Gasteiger partial charge >= 0.3 is 6.09 Å². The highest BCUT2D eigenvalue weighted by molar-refractivity contribution is 5.76. The number of aromatic nitrogens is 6. The number of piperazine rings is 1. The third-order valence-corrected chi connectivity index (χ3v) is 5.83. The Morgan fingerprint density at radius 3 is 2.59 bits per heavy atom. The molecule has 1 N–H and O–H groups in total. The Bertz CT molecular complexity index is 1250. The summed E-state index contributed by atoms with van der Waals surface area (Å²) in [6.45, 7) is 6.38. The Morgan fingerprint density at radius 1 is 1.09 bits per heavy atom. The van der Waals surface area contributed by atoms with Crippen LogP contribution in [-0.2, 0) is 11.8 Å². The molecule has 1 amide bonds. The summed E-state index contributed by atoms with van der Waals surface area (Å²) < 4.78 is 9.29. The van der Waals surface area contributed by atoms with Gasteiger partial charge in [-0.15, -0.1) is 0 Å². The number of hydrogen-bond acceptors (Lipinski definition) is 6. The van der Waals surface area contributed by atoms with E-state index in [0.717, 1.165) is 46.8 Å². The molecule has 10 heteroatoms. The van der Waals surface area contributed by atoms with Crippen molar-refractivity contribution >= 4 is 17.3 Å². The number of ether oxygens (including phenoxy) is 1. The van der Waals surface area contributed by atoms with Crippen LogP contribution in [0.15, 0.2) is 43.0 Å². The topological polar surface area (TPSA) is 96.6 Å². The van der Waals surface area contributed by atoms with Crippen molar-refractivity contribution in [1.82, 2.24) is 34.5 Å². The summed E-state index contributed by atoms with van der Waals surface area (Å²) in [6.07, 6.45) is 7.04. The average molecular weight is 435 g/mol. The lowest BCUT2D eigenvalue weighted by molar-refractivity contribution is 0.0664. The summed E-state index contributed by atoms with van der Waals surface area (Å²) in [6, 6.07) is 6.06. The van der Waals surface area contributed by atoms with E-state index in [1.54, 1.807) is 9.58 Å². The van der Waals surface area contributed by atoms with Crippen LogP contribution >= 0.6 is 0 Å². The Labute approximate surface area is 185 Å². The van der Waals surface area contributed by atoms with E-state index >= 15 is 0 Å². The second kappa shape index (κ2) is 8.03. The SMILES string of the molecule is Cc1cc(C(C)OC(=O)N2CCN(c3cnn4cc(-c5cnn(C)c5)ccc34)CC2)n[nH]1. The molecule has 1 saturated heterocycles. The molecule has 0 saturated carbocycles. The lowest BCUT2D eigenvalue weighted by Gasteiger charge is -2.35. The zero-order valence-electron chi connectivity index (χ0n) is 18.4. The molecule has 1 unspecified atom stereocenters. The van der Waals surface area contributed by atoms with Gasteiger partial charge < -0.3 is 14.5 Å². The van der Waals surface area contributed by atoms with Crippen molar-refractivity contribution in [3.05, 3.63) is 54.4 Å². The number of nitrogens with zero attached hydrogens (tertiary/aromatic N) is 7. The number of hydrogen-bond donors (Lipinski definition) is 1. The molecular weight excluding hydrogens is 408 g/mol. The maximum absolute atomic E-state index is 12.6. The Hall–Kier alpha value is -3.82. The normalized spacial score (nSPS) is 15.3. The number of anilines is 1. The van der Waals surface area contributed by atoms with E-state index in [4.69, 9.17) is 4.74 Å². The number of amides is 1. The molecule has 1 aliphatic rings. The molecular formula is C22H26N8O2. The van der Waals surface area contributed by atoms with Gasteiger partial charge in [0.1, 0.15) is 11.8 Å². The number of carbonyl (C=O) groups is 1. The Balaban J connectivity index is 1.23. The fourth-order valence-corrected chi connectivity index (χ4v) is 4.02.